The van der Waals surface area contributed by atoms with Crippen molar-refractivity contribution in [2.24, 2.45) is 0 Å². The van der Waals surface area contributed by atoms with Crippen molar-refractivity contribution in [1.29, 1.82) is 0 Å². The molecule has 8 heteroatoms. The van der Waals surface area contributed by atoms with Gasteiger partial charge in [0.05, 0.1) is 30.5 Å². The molecule has 0 aliphatic heterocycles. The zero-order valence-corrected chi connectivity index (χ0v) is 15.5. The number of benzene rings is 2. The first-order valence-electron chi connectivity index (χ1n) is 7.46. The van der Waals surface area contributed by atoms with E-state index in [0.717, 1.165) is 11.6 Å². The van der Waals surface area contributed by atoms with E-state index in [2.05, 4.69) is 10.3 Å². The number of halogens is 2. The van der Waals surface area contributed by atoms with Crippen LogP contribution in [0.5, 0.6) is 11.5 Å². The summed E-state index contributed by atoms with van der Waals surface area (Å²) < 4.78 is 23.7. The molecular weight excluding hydrogens is 379 g/mol. The van der Waals surface area contributed by atoms with Gasteiger partial charge in [0.2, 0.25) is 0 Å². The van der Waals surface area contributed by atoms with Crippen LogP contribution < -0.4 is 14.8 Å². The number of aromatic nitrogens is 1. The van der Waals surface area contributed by atoms with E-state index in [4.69, 9.17) is 21.1 Å². The number of carbonyl (C=O) groups is 1. The monoisotopic (exact) mass is 392 g/mol. The average Bonchev–Trinajstić information content (AvgIpc) is 3.09. The highest BCUT2D eigenvalue weighted by Gasteiger charge is 2.15. The van der Waals surface area contributed by atoms with E-state index in [1.54, 1.807) is 37.8 Å². The second-order valence-corrected chi connectivity index (χ2v) is 6.45. The van der Waals surface area contributed by atoms with E-state index in [0.29, 0.717) is 22.3 Å². The first-order valence-corrected chi connectivity index (χ1v) is 8.72. The molecule has 134 valence electrons. The Morgan fingerprint density at radius 2 is 2.00 bits per heavy atom. The Hall–Kier alpha value is -2.64. The number of rotatable bonds is 5. The number of hydrogen-bond donors (Lipinski definition) is 1. The lowest BCUT2D eigenvalue weighted by molar-refractivity contribution is 0.102. The number of anilines is 1. The van der Waals surface area contributed by atoms with E-state index >= 15 is 0 Å². The van der Waals surface area contributed by atoms with Crippen LogP contribution >= 0.6 is 22.9 Å². The molecule has 3 rings (SSSR count). The lowest BCUT2D eigenvalue weighted by atomic mass is 10.1. The van der Waals surface area contributed by atoms with Gasteiger partial charge in [0.25, 0.3) is 5.91 Å². The maximum absolute atomic E-state index is 13.1. The van der Waals surface area contributed by atoms with Crippen LogP contribution in [0.2, 0.25) is 5.02 Å². The molecule has 1 amide bonds. The second-order valence-electron chi connectivity index (χ2n) is 5.18. The summed E-state index contributed by atoms with van der Waals surface area (Å²) in [4.78, 5) is 16.7. The van der Waals surface area contributed by atoms with Crippen LogP contribution in [-0.4, -0.2) is 25.1 Å². The highest BCUT2D eigenvalue weighted by Crippen LogP contribution is 2.35. The molecule has 2 aromatic carbocycles. The molecule has 0 aliphatic carbocycles. The van der Waals surface area contributed by atoms with Gasteiger partial charge in [0.15, 0.2) is 5.13 Å². The maximum atomic E-state index is 13.1. The van der Waals surface area contributed by atoms with Gasteiger partial charge >= 0.3 is 0 Å². The van der Waals surface area contributed by atoms with Crippen LogP contribution in [0.15, 0.2) is 41.8 Å². The lowest BCUT2D eigenvalue weighted by Gasteiger charge is -2.08. The Morgan fingerprint density at radius 1 is 1.19 bits per heavy atom. The summed E-state index contributed by atoms with van der Waals surface area (Å²) in [6.45, 7) is 0. The predicted octanol–water partition coefficient (Wildman–Crippen LogP) is 4.87. The zero-order valence-electron chi connectivity index (χ0n) is 13.9. The molecule has 1 heterocycles. The van der Waals surface area contributed by atoms with Gasteiger partial charge in [0, 0.05) is 10.9 Å². The topological polar surface area (TPSA) is 60.5 Å². The highest BCUT2D eigenvalue weighted by atomic mass is 35.5. The summed E-state index contributed by atoms with van der Waals surface area (Å²) in [7, 11) is 3.14. The minimum Gasteiger partial charge on any atom is -0.497 e. The molecule has 0 unspecified atom stereocenters. The van der Waals surface area contributed by atoms with Crippen LogP contribution in [-0.2, 0) is 0 Å². The van der Waals surface area contributed by atoms with Gasteiger partial charge < -0.3 is 9.47 Å². The first-order chi connectivity index (χ1) is 12.5. The van der Waals surface area contributed by atoms with Crippen molar-refractivity contribution < 1.29 is 18.7 Å². The van der Waals surface area contributed by atoms with Crippen LogP contribution in [0.1, 0.15) is 10.4 Å². The molecule has 1 N–H and O–H groups in total. The van der Waals surface area contributed by atoms with E-state index in [9.17, 15) is 9.18 Å². The molecule has 0 aliphatic rings. The van der Waals surface area contributed by atoms with Crippen molar-refractivity contribution >= 4 is 34.0 Å². The summed E-state index contributed by atoms with van der Waals surface area (Å²) in [6, 6.07) is 8.96. The average molecular weight is 393 g/mol. The van der Waals surface area contributed by atoms with Crippen LogP contribution in [0.4, 0.5) is 9.52 Å². The van der Waals surface area contributed by atoms with Crippen molar-refractivity contribution in [3.63, 3.8) is 0 Å². The Labute approximate surface area is 158 Å². The van der Waals surface area contributed by atoms with Crippen LogP contribution in [0.3, 0.4) is 0 Å². The maximum Gasteiger partial charge on any atom is 0.258 e. The van der Waals surface area contributed by atoms with Gasteiger partial charge in [0.1, 0.15) is 17.3 Å². The minimum absolute atomic E-state index is 0.0359. The fraction of sp³-hybridized carbons (Fsp3) is 0.111. The van der Waals surface area contributed by atoms with Crippen molar-refractivity contribution in [2.75, 3.05) is 19.5 Å². The normalized spacial score (nSPS) is 10.5. The fourth-order valence-electron chi connectivity index (χ4n) is 2.31. The quantitative estimate of drug-likeness (QED) is 0.672. The first kappa shape index (κ1) is 18.2. The van der Waals surface area contributed by atoms with Crippen LogP contribution in [0, 0.1) is 5.82 Å². The van der Waals surface area contributed by atoms with E-state index in [1.165, 1.54) is 23.5 Å². The highest BCUT2D eigenvalue weighted by molar-refractivity contribution is 7.14. The summed E-state index contributed by atoms with van der Waals surface area (Å²) in [5, 5.41) is 4.88. The molecule has 0 saturated carbocycles. The molecule has 0 spiro atoms. The molecular formula is C18H14ClFN2O3S. The number of methoxy groups -OCH3 is 2. The number of ether oxygens (including phenoxy) is 2. The third kappa shape index (κ3) is 3.79. The molecule has 0 radical (unpaired) electrons. The van der Waals surface area contributed by atoms with Gasteiger partial charge in [-0.25, -0.2) is 9.37 Å². The molecule has 0 bridgehead atoms. The van der Waals surface area contributed by atoms with Crippen LogP contribution in [0.25, 0.3) is 11.3 Å². The van der Waals surface area contributed by atoms with Gasteiger partial charge in [-0.3, -0.25) is 10.1 Å². The van der Waals surface area contributed by atoms with Gasteiger partial charge in [-0.15, -0.1) is 11.3 Å². The summed E-state index contributed by atoms with van der Waals surface area (Å²) in [5.74, 6) is 0.328. The van der Waals surface area contributed by atoms with Gasteiger partial charge in [-0.05, 0) is 36.4 Å². The lowest BCUT2D eigenvalue weighted by Crippen LogP contribution is -2.12. The van der Waals surface area contributed by atoms with Crippen molar-refractivity contribution in [3.05, 3.63) is 58.2 Å². The number of hydrogen-bond acceptors (Lipinski definition) is 5. The summed E-state index contributed by atoms with van der Waals surface area (Å²) in [5.41, 5.74) is 1.54. The van der Waals surface area contributed by atoms with Gasteiger partial charge in [-0.1, -0.05) is 11.6 Å². The van der Waals surface area contributed by atoms with Crippen molar-refractivity contribution in [2.45, 2.75) is 0 Å². The smallest absolute Gasteiger partial charge is 0.258 e. The Balaban J connectivity index is 1.85. The Bertz CT molecular complexity index is 961. The number of nitrogens with one attached hydrogen (secondary N) is 1. The number of amides is 1. The van der Waals surface area contributed by atoms with E-state index in [-0.39, 0.29) is 10.6 Å². The number of nitrogens with zero attached hydrogens (tertiary/aromatic N) is 1. The molecule has 0 fully saturated rings. The number of thiazole rings is 1. The minimum atomic E-state index is -0.506. The second kappa shape index (κ2) is 7.72. The fourth-order valence-corrected chi connectivity index (χ4v) is 3.27. The molecule has 5 nitrogen and oxygen atoms in total. The summed E-state index contributed by atoms with van der Waals surface area (Å²) >= 11 is 7.17. The predicted molar refractivity (Wildman–Crippen MR) is 100 cm³/mol. The van der Waals surface area contributed by atoms with Crippen molar-refractivity contribution in [1.82, 2.24) is 4.98 Å². The third-order valence-electron chi connectivity index (χ3n) is 3.58. The SMILES string of the molecule is COc1ccc(OC)c(-c2csc(NC(=O)c3ccc(F)cc3Cl)n2)c1. The van der Waals surface area contributed by atoms with Gasteiger partial charge in [-0.2, -0.15) is 0 Å². The van der Waals surface area contributed by atoms with Crippen molar-refractivity contribution in [3.8, 4) is 22.8 Å². The largest absolute Gasteiger partial charge is 0.497 e. The Kier molecular flexibility index (Phi) is 5.39. The third-order valence-corrected chi connectivity index (χ3v) is 4.65. The van der Waals surface area contributed by atoms with E-state index in [1.807, 2.05) is 0 Å². The summed E-state index contributed by atoms with van der Waals surface area (Å²) in [6.07, 6.45) is 0. The number of carbonyl (C=O) groups excluding carboxylic acids is 1. The molecule has 1 aromatic heterocycles. The molecule has 0 saturated heterocycles. The Morgan fingerprint density at radius 3 is 2.69 bits per heavy atom. The molecule has 0 atom stereocenters. The zero-order chi connectivity index (χ0) is 18.7. The standard InChI is InChI=1S/C18H14ClFN2O3S/c1-24-11-4-6-16(25-2)13(8-11)15-9-26-18(21-15)22-17(23)12-5-3-10(20)7-14(12)19/h3-9H,1-2H3,(H,21,22,23). The van der Waals surface area contributed by atoms with E-state index < -0.39 is 11.7 Å². The molecule has 26 heavy (non-hydrogen) atoms. The molecule has 3 aromatic rings.